The zero-order valence-electron chi connectivity index (χ0n) is 11.2. The summed E-state index contributed by atoms with van der Waals surface area (Å²) >= 11 is 0. The molecule has 7 nitrogen and oxygen atoms in total. The molecule has 0 aromatic carbocycles. The van der Waals surface area contributed by atoms with Gasteiger partial charge in [-0.15, -0.1) is 0 Å². The second-order valence-corrected chi connectivity index (χ2v) is 6.76. The highest BCUT2D eigenvalue weighted by atomic mass is 32.2. The first-order chi connectivity index (χ1) is 8.86. The molecular weight excluding hydrogens is 268 g/mol. The van der Waals surface area contributed by atoms with Gasteiger partial charge in [-0.05, 0) is 19.8 Å². The number of aryl methyl sites for hydroxylation is 1. The van der Waals surface area contributed by atoms with Crippen LogP contribution in [0.25, 0.3) is 0 Å². The fraction of sp³-hybridized carbons (Fsp3) is 0.727. The molecule has 1 atom stereocenters. The van der Waals surface area contributed by atoms with E-state index in [1.165, 1.54) is 6.20 Å². The van der Waals surface area contributed by atoms with Gasteiger partial charge in [-0.1, -0.05) is 6.92 Å². The number of ether oxygens (including phenoxy) is 1. The van der Waals surface area contributed by atoms with Crippen LogP contribution in [0.3, 0.4) is 0 Å². The van der Waals surface area contributed by atoms with E-state index in [-0.39, 0.29) is 10.7 Å². The van der Waals surface area contributed by atoms with Crippen LogP contribution in [0.2, 0.25) is 0 Å². The van der Waals surface area contributed by atoms with Gasteiger partial charge in [-0.3, -0.25) is 4.68 Å². The van der Waals surface area contributed by atoms with Crippen LogP contribution in [0.15, 0.2) is 11.1 Å². The number of hydrogen-bond donors (Lipinski definition) is 2. The van der Waals surface area contributed by atoms with Crippen molar-refractivity contribution in [2.24, 2.45) is 0 Å². The molecule has 1 aliphatic heterocycles. The number of nitrogens with zero attached hydrogens (tertiary/aromatic N) is 2. The molecule has 0 radical (unpaired) electrons. The average Bonchev–Trinajstić information content (AvgIpc) is 2.85. The number of aromatic nitrogens is 2. The highest BCUT2D eigenvalue weighted by Crippen LogP contribution is 2.23. The normalized spacial score (nSPS) is 23.9. The molecular formula is C11H20N4O3S. The van der Waals surface area contributed by atoms with Gasteiger partial charge in [-0.25, -0.2) is 13.1 Å². The number of nitrogen functional groups attached to an aromatic ring is 1. The van der Waals surface area contributed by atoms with E-state index in [1.807, 2.05) is 13.8 Å². The molecule has 0 aliphatic carbocycles. The van der Waals surface area contributed by atoms with Crippen LogP contribution < -0.4 is 10.5 Å². The first-order valence-electron chi connectivity index (χ1n) is 6.31. The van der Waals surface area contributed by atoms with Gasteiger partial charge in [0.25, 0.3) is 0 Å². The molecule has 2 heterocycles. The highest BCUT2D eigenvalue weighted by Gasteiger charge is 2.35. The maximum absolute atomic E-state index is 12.3. The quantitative estimate of drug-likeness (QED) is 0.813. The minimum Gasteiger partial charge on any atom is -0.381 e. The van der Waals surface area contributed by atoms with E-state index in [9.17, 15) is 8.42 Å². The molecule has 0 amide bonds. The van der Waals surface area contributed by atoms with Gasteiger partial charge in [0.1, 0.15) is 4.90 Å². The third-order valence-corrected chi connectivity index (χ3v) is 4.75. The van der Waals surface area contributed by atoms with Crippen LogP contribution in [0, 0.1) is 0 Å². The van der Waals surface area contributed by atoms with Gasteiger partial charge in [0.05, 0.1) is 12.1 Å². The van der Waals surface area contributed by atoms with Crippen molar-refractivity contribution in [3.63, 3.8) is 0 Å². The smallest absolute Gasteiger partial charge is 0.246 e. The van der Waals surface area contributed by atoms with Gasteiger partial charge in [0.2, 0.25) is 10.0 Å². The van der Waals surface area contributed by atoms with Gasteiger partial charge in [0.15, 0.2) is 5.82 Å². The Morgan fingerprint density at radius 3 is 2.95 bits per heavy atom. The van der Waals surface area contributed by atoms with Crippen LogP contribution in [-0.4, -0.2) is 37.0 Å². The summed E-state index contributed by atoms with van der Waals surface area (Å²) < 4.78 is 34.1. The Labute approximate surface area is 113 Å². The molecule has 1 unspecified atom stereocenters. The molecule has 0 bridgehead atoms. The third-order valence-electron chi connectivity index (χ3n) is 3.10. The van der Waals surface area contributed by atoms with Crippen molar-refractivity contribution >= 4 is 15.8 Å². The summed E-state index contributed by atoms with van der Waals surface area (Å²) in [6, 6.07) is 0. The lowest BCUT2D eigenvalue weighted by molar-refractivity contribution is 0.178. The maximum atomic E-state index is 12.3. The molecule has 0 spiro atoms. The molecule has 1 fully saturated rings. The van der Waals surface area contributed by atoms with Gasteiger partial charge in [-0.2, -0.15) is 5.10 Å². The third kappa shape index (κ3) is 3.07. The fourth-order valence-electron chi connectivity index (χ4n) is 2.10. The predicted molar refractivity (Wildman–Crippen MR) is 71.1 cm³/mol. The second-order valence-electron chi connectivity index (χ2n) is 5.11. The summed E-state index contributed by atoms with van der Waals surface area (Å²) in [6.45, 7) is 5.38. The van der Waals surface area contributed by atoms with E-state index >= 15 is 0 Å². The van der Waals surface area contributed by atoms with Gasteiger partial charge >= 0.3 is 0 Å². The number of hydrogen-bond acceptors (Lipinski definition) is 5. The minimum absolute atomic E-state index is 0.0310. The molecule has 1 saturated heterocycles. The van der Waals surface area contributed by atoms with Crippen molar-refractivity contribution in [2.45, 2.75) is 43.7 Å². The number of anilines is 1. The maximum Gasteiger partial charge on any atom is 0.246 e. The molecule has 8 heteroatoms. The van der Waals surface area contributed by atoms with Crippen LogP contribution >= 0.6 is 0 Å². The van der Waals surface area contributed by atoms with Crippen LogP contribution in [0.4, 0.5) is 5.82 Å². The van der Waals surface area contributed by atoms with Crippen molar-refractivity contribution in [1.29, 1.82) is 0 Å². The Morgan fingerprint density at radius 1 is 1.63 bits per heavy atom. The highest BCUT2D eigenvalue weighted by molar-refractivity contribution is 7.89. The summed E-state index contributed by atoms with van der Waals surface area (Å²) in [4.78, 5) is 0.0362. The number of sulfonamides is 1. The van der Waals surface area contributed by atoms with E-state index in [0.717, 1.165) is 6.42 Å². The first kappa shape index (κ1) is 14.3. The summed E-state index contributed by atoms with van der Waals surface area (Å²) in [7, 11) is -3.67. The number of nitrogens with two attached hydrogens (primary N) is 1. The van der Waals surface area contributed by atoms with Crippen LogP contribution in [-0.2, 0) is 21.3 Å². The number of nitrogens with one attached hydrogen (secondary N) is 1. The van der Waals surface area contributed by atoms with Crippen molar-refractivity contribution in [3.05, 3.63) is 6.20 Å². The molecule has 19 heavy (non-hydrogen) atoms. The standard InChI is InChI=1S/C11H20N4O3S/c1-3-5-15-7-9(10(12)13-15)19(16,17)14-11(2)4-6-18-8-11/h7,14H,3-6,8H2,1-2H3,(H2,12,13). The molecule has 1 aromatic heterocycles. The fourth-order valence-corrected chi connectivity index (χ4v) is 3.59. The SMILES string of the molecule is CCCn1cc(S(=O)(=O)NC2(C)CCOC2)c(N)n1. The Balaban J connectivity index is 2.24. The summed E-state index contributed by atoms with van der Waals surface area (Å²) in [6.07, 6.45) is 2.98. The number of rotatable bonds is 5. The molecule has 0 saturated carbocycles. The van der Waals surface area contributed by atoms with Crippen molar-refractivity contribution in [2.75, 3.05) is 18.9 Å². The lowest BCUT2D eigenvalue weighted by Crippen LogP contribution is -2.46. The lowest BCUT2D eigenvalue weighted by atomic mass is 10.0. The summed E-state index contributed by atoms with van der Waals surface area (Å²) in [5.74, 6) is 0.0310. The Morgan fingerprint density at radius 2 is 2.37 bits per heavy atom. The minimum atomic E-state index is -3.67. The topological polar surface area (TPSA) is 99.2 Å². The van der Waals surface area contributed by atoms with Gasteiger partial charge in [0, 0.05) is 19.3 Å². The molecule has 1 aromatic rings. The Hall–Kier alpha value is -1.12. The van der Waals surface area contributed by atoms with Crippen molar-refractivity contribution < 1.29 is 13.2 Å². The van der Waals surface area contributed by atoms with Gasteiger partial charge < -0.3 is 10.5 Å². The first-order valence-corrected chi connectivity index (χ1v) is 7.79. The Bertz CT molecular complexity index is 546. The lowest BCUT2D eigenvalue weighted by Gasteiger charge is -2.22. The second kappa shape index (κ2) is 5.10. The van der Waals surface area contributed by atoms with Crippen molar-refractivity contribution in [3.8, 4) is 0 Å². The zero-order chi connectivity index (χ0) is 14.1. The van der Waals surface area contributed by atoms with Crippen LogP contribution in [0.1, 0.15) is 26.7 Å². The predicted octanol–water partition coefficient (Wildman–Crippen LogP) is 0.333. The van der Waals surface area contributed by atoms with E-state index in [4.69, 9.17) is 10.5 Å². The summed E-state index contributed by atoms with van der Waals surface area (Å²) in [5, 5.41) is 4.01. The van der Waals surface area contributed by atoms with Crippen molar-refractivity contribution in [1.82, 2.24) is 14.5 Å². The molecule has 2 rings (SSSR count). The largest absolute Gasteiger partial charge is 0.381 e. The van der Waals surface area contributed by atoms with E-state index in [2.05, 4.69) is 9.82 Å². The summed E-state index contributed by atoms with van der Waals surface area (Å²) in [5.41, 5.74) is 5.12. The van der Waals surface area contributed by atoms with E-state index in [0.29, 0.717) is 26.2 Å². The van der Waals surface area contributed by atoms with Crippen LogP contribution in [0.5, 0.6) is 0 Å². The Kier molecular flexibility index (Phi) is 3.84. The van der Waals surface area contributed by atoms with E-state index in [1.54, 1.807) is 4.68 Å². The average molecular weight is 288 g/mol. The molecule has 108 valence electrons. The zero-order valence-corrected chi connectivity index (χ0v) is 12.0. The molecule has 3 N–H and O–H groups in total. The van der Waals surface area contributed by atoms with E-state index < -0.39 is 15.6 Å². The molecule has 1 aliphatic rings. The monoisotopic (exact) mass is 288 g/mol.